The highest BCUT2D eigenvalue weighted by Gasteiger charge is 2.51. The molecule has 1 aliphatic rings. The van der Waals surface area contributed by atoms with Crippen LogP contribution < -0.4 is 0 Å². The van der Waals surface area contributed by atoms with E-state index >= 15 is 0 Å². The summed E-state index contributed by atoms with van der Waals surface area (Å²) in [6, 6.07) is 0. The number of aliphatic hydroxyl groups is 5. The summed E-state index contributed by atoms with van der Waals surface area (Å²) in [7, 11) is -5.11. The molecule has 6 unspecified atom stereocenters. The van der Waals surface area contributed by atoms with Crippen molar-refractivity contribution in [3.8, 4) is 0 Å². The van der Waals surface area contributed by atoms with Gasteiger partial charge in [0.25, 0.3) is 0 Å². The first-order valence-corrected chi connectivity index (χ1v) is 25.5. The quantitative estimate of drug-likeness (QED) is 0.0147. The van der Waals surface area contributed by atoms with Crippen LogP contribution in [0.3, 0.4) is 0 Å². The van der Waals surface area contributed by atoms with Gasteiger partial charge in [0.15, 0.2) is 6.10 Å². The number of hydrogen-bond acceptors (Lipinski definition) is 12. The molecule has 0 aromatic rings. The third-order valence-electron chi connectivity index (χ3n) is 11.4. The van der Waals surface area contributed by atoms with Crippen LogP contribution >= 0.6 is 7.82 Å². The molecule has 0 aliphatic heterocycles. The van der Waals surface area contributed by atoms with E-state index in [9.17, 15) is 44.6 Å². The van der Waals surface area contributed by atoms with E-state index in [1.54, 1.807) is 0 Å². The van der Waals surface area contributed by atoms with Crippen molar-refractivity contribution in [2.24, 2.45) is 0 Å². The van der Waals surface area contributed by atoms with Crippen LogP contribution in [0.4, 0.5) is 0 Å². The number of carbonyl (C=O) groups is 2. The summed E-state index contributed by atoms with van der Waals surface area (Å²) in [6.45, 7) is 3.31. The van der Waals surface area contributed by atoms with E-state index in [2.05, 4.69) is 26.0 Å². The average molecular weight is 879 g/mol. The normalized spacial score (nSPS) is 22.2. The summed E-state index contributed by atoms with van der Waals surface area (Å²) in [5.74, 6) is -1.09. The first kappa shape index (κ1) is 56.6. The van der Waals surface area contributed by atoms with E-state index in [-0.39, 0.29) is 12.8 Å². The Kier molecular flexibility index (Phi) is 34.9. The first-order valence-electron chi connectivity index (χ1n) is 24.0. The van der Waals surface area contributed by atoms with Crippen molar-refractivity contribution < 1.29 is 63.1 Å². The van der Waals surface area contributed by atoms with Gasteiger partial charge in [0, 0.05) is 12.8 Å². The minimum Gasteiger partial charge on any atom is -0.462 e. The maximum absolute atomic E-state index is 12.8. The minimum absolute atomic E-state index is 0.0960. The second-order valence-electron chi connectivity index (χ2n) is 17.0. The molecule has 1 fully saturated rings. The Bertz CT molecular complexity index is 1110. The first-order chi connectivity index (χ1) is 28.9. The fourth-order valence-corrected chi connectivity index (χ4v) is 8.43. The molecule has 0 aromatic heterocycles. The third-order valence-corrected chi connectivity index (χ3v) is 12.3. The lowest BCUT2D eigenvalue weighted by atomic mass is 9.85. The van der Waals surface area contributed by atoms with E-state index in [1.165, 1.54) is 122 Å². The smallest absolute Gasteiger partial charge is 0.462 e. The van der Waals surface area contributed by atoms with Crippen molar-refractivity contribution in [3.63, 3.8) is 0 Å². The molecule has 0 heterocycles. The van der Waals surface area contributed by atoms with Crippen LogP contribution in [0.25, 0.3) is 0 Å². The Hall–Kier alpha value is -1.41. The number of aliphatic hydroxyl groups excluding tert-OH is 5. The van der Waals surface area contributed by atoms with Crippen molar-refractivity contribution in [1.82, 2.24) is 0 Å². The van der Waals surface area contributed by atoms with Crippen LogP contribution in [0.2, 0.25) is 0 Å². The Balaban J connectivity index is 2.44. The zero-order chi connectivity index (χ0) is 44.3. The van der Waals surface area contributed by atoms with Crippen LogP contribution in [-0.2, 0) is 32.7 Å². The van der Waals surface area contributed by atoms with Crippen molar-refractivity contribution in [2.75, 3.05) is 13.2 Å². The lowest BCUT2D eigenvalue weighted by Crippen LogP contribution is -2.64. The molecule has 1 rings (SSSR count). The number of ether oxygens (including phenoxy) is 2. The highest BCUT2D eigenvalue weighted by molar-refractivity contribution is 7.47. The fraction of sp³-hybridized carbons (Fsp3) is 0.913. The number of esters is 2. The number of allylic oxidation sites excluding steroid dienone is 2. The van der Waals surface area contributed by atoms with E-state index in [4.69, 9.17) is 18.5 Å². The second-order valence-corrected chi connectivity index (χ2v) is 18.4. The van der Waals surface area contributed by atoms with Gasteiger partial charge in [-0.15, -0.1) is 0 Å². The summed E-state index contributed by atoms with van der Waals surface area (Å²) >= 11 is 0. The second kappa shape index (κ2) is 37.0. The molecular formula is C46H87O13P. The maximum atomic E-state index is 12.8. The number of carbonyl (C=O) groups excluding carboxylic acids is 2. The molecule has 13 nitrogen and oxygen atoms in total. The van der Waals surface area contributed by atoms with Crippen LogP contribution in [0.5, 0.6) is 0 Å². The molecule has 0 bridgehead atoms. The zero-order valence-electron chi connectivity index (χ0n) is 37.5. The average Bonchev–Trinajstić information content (AvgIpc) is 3.23. The third kappa shape index (κ3) is 29.0. The number of phosphoric acid groups is 1. The predicted octanol–water partition coefficient (Wildman–Crippen LogP) is 9.45. The number of unbranched alkanes of at least 4 members (excludes halogenated alkanes) is 26. The van der Waals surface area contributed by atoms with Gasteiger partial charge < -0.3 is 39.9 Å². The Morgan fingerprint density at radius 2 is 0.850 bits per heavy atom. The summed E-state index contributed by atoms with van der Waals surface area (Å²) in [5, 5.41) is 50.2. The highest BCUT2D eigenvalue weighted by atomic mass is 31.2. The number of phosphoric ester groups is 1. The van der Waals surface area contributed by atoms with Crippen LogP contribution in [0, 0.1) is 0 Å². The van der Waals surface area contributed by atoms with Gasteiger partial charge in [-0.2, -0.15) is 0 Å². The van der Waals surface area contributed by atoms with Gasteiger partial charge in [0.05, 0.1) is 6.61 Å². The highest BCUT2D eigenvalue weighted by Crippen LogP contribution is 2.47. The molecule has 0 radical (unpaired) electrons. The molecule has 0 amide bonds. The molecule has 14 heteroatoms. The summed E-state index contributed by atoms with van der Waals surface area (Å²) in [6.07, 6.45) is 25.5. The summed E-state index contributed by atoms with van der Waals surface area (Å²) in [5.41, 5.74) is 0. The molecule has 8 atom stereocenters. The lowest BCUT2D eigenvalue weighted by Gasteiger charge is -2.41. The predicted molar refractivity (Wildman–Crippen MR) is 235 cm³/mol. The lowest BCUT2D eigenvalue weighted by molar-refractivity contribution is -0.220. The number of rotatable bonds is 40. The van der Waals surface area contributed by atoms with Gasteiger partial charge in [0.1, 0.15) is 43.2 Å². The Morgan fingerprint density at radius 3 is 1.27 bits per heavy atom. The molecular weight excluding hydrogens is 791 g/mol. The minimum atomic E-state index is -5.11. The van der Waals surface area contributed by atoms with Gasteiger partial charge in [-0.1, -0.05) is 174 Å². The van der Waals surface area contributed by atoms with Crippen molar-refractivity contribution in [1.29, 1.82) is 0 Å². The van der Waals surface area contributed by atoms with Gasteiger partial charge in [0.2, 0.25) is 0 Å². The molecule has 0 saturated heterocycles. The van der Waals surface area contributed by atoms with E-state index < -0.39 is 75.7 Å². The Labute approximate surface area is 363 Å². The van der Waals surface area contributed by atoms with Crippen LogP contribution in [0.15, 0.2) is 12.2 Å². The Morgan fingerprint density at radius 1 is 0.500 bits per heavy atom. The molecule has 1 aliphatic carbocycles. The standard InChI is InChI=1S/C46H87O13P/c1-3-5-7-9-11-13-15-17-19-20-21-23-25-27-29-31-33-35-40(48)58-38(37-57-60(54,55)59-46-44(52)42(50)41(49)43(51)45(46)53)36-56-39(47)34-32-30-28-26-24-22-18-16-14-12-10-8-6-4-2/h17,19,38,41-46,49-53H,3-16,18,20-37H2,1-2H3,(H,54,55)/b19-17-/t38-,41?,42-,43?,44?,45?,46?/m1/s1. The van der Waals surface area contributed by atoms with E-state index in [1.807, 2.05) is 0 Å². The molecule has 0 spiro atoms. The molecule has 6 N–H and O–H groups in total. The largest absolute Gasteiger partial charge is 0.472 e. The van der Waals surface area contributed by atoms with Gasteiger partial charge >= 0.3 is 19.8 Å². The zero-order valence-corrected chi connectivity index (χ0v) is 38.4. The van der Waals surface area contributed by atoms with E-state index in [0.29, 0.717) is 12.8 Å². The van der Waals surface area contributed by atoms with E-state index in [0.717, 1.165) is 51.4 Å². The molecule has 1 saturated carbocycles. The van der Waals surface area contributed by atoms with Crippen LogP contribution in [-0.4, -0.2) is 98.3 Å². The number of hydrogen-bond donors (Lipinski definition) is 6. The van der Waals surface area contributed by atoms with Crippen LogP contribution in [0.1, 0.15) is 213 Å². The summed E-state index contributed by atoms with van der Waals surface area (Å²) < 4.78 is 33.6. The SMILES string of the molecule is CCCCCCCC/C=C\CCCCCCCCCC(=O)O[C@H](COC(=O)CCCCCCCCCCCCCCCC)COP(=O)(O)OC1C(O)C(O)C(O)[C@@H](O)C1O. The summed E-state index contributed by atoms with van der Waals surface area (Å²) in [4.78, 5) is 35.7. The van der Waals surface area contributed by atoms with Crippen molar-refractivity contribution >= 4 is 19.8 Å². The van der Waals surface area contributed by atoms with Crippen molar-refractivity contribution in [2.45, 2.75) is 256 Å². The molecule has 354 valence electrons. The molecule has 60 heavy (non-hydrogen) atoms. The fourth-order valence-electron chi connectivity index (χ4n) is 7.46. The van der Waals surface area contributed by atoms with Gasteiger partial charge in [-0.25, -0.2) is 4.57 Å². The molecule has 0 aromatic carbocycles. The monoisotopic (exact) mass is 879 g/mol. The maximum Gasteiger partial charge on any atom is 0.472 e. The van der Waals surface area contributed by atoms with Gasteiger partial charge in [-0.3, -0.25) is 18.6 Å². The topological polar surface area (TPSA) is 210 Å². The van der Waals surface area contributed by atoms with Crippen molar-refractivity contribution in [3.05, 3.63) is 12.2 Å². The van der Waals surface area contributed by atoms with Gasteiger partial charge in [-0.05, 0) is 38.5 Å².